The van der Waals surface area contributed by atoms with Crippen LogP contribution < -0.4 is 33.2 Å². The molecule has 2 fully saturated rings. The minimum absolute atomic E-state index is 0.222. The van der Waals surface area contributed by atoms with Crippen molar-refractivity contribution in [2.24, 2.45) is 17.2 Å². The highest BCUT2D eigenvalue weighted by Crippen LogP contribution is 2.29. The molecule has 9 N–H and O–H groups in total. The van der Waals surface area contributed by atoms with Crippen molar-refractivity contribution >= 4 is 51.5 Å². The van der Waals surface area contributed by atoms with Crippen LogP contribution in [-0.2, 0) is 13.1 Å². The number of anilines is 3. The van der Waals surface area contributed by atoms with E-state index in [1.165, 1.54) is 27.8 Å². The Morgan fingerprint density at radius 3 is 1.35 bits per heavy atom. The summed E-state index contributed by atoms with van der Waals surface area (Å²) in [5, 5.41) is 10.7. The van der Waals surface area contributed by atoms with Crippen LogP contribution in [0.3, 0.4) is 0 Å². The van der Waals surface area contributed by atoms with Gasteiger partial charge in [-0.15, -0.1) is 0 Å². The molecule has 372 valence electrons. The van der Waals surface area contributed by atoms with E-state index in [4.69, 9.17) is 38.8 Å². The van der Waals surface area contributed by atoms with Gasteiger partial charge in [0.2, 0.25) is 11.2 Å². The summed E-state index contributed by atoms with van der Waals surface area (Å²) < 4.78 is 4.20. The van der Waals surface area contributed by atoms with Crippen molar-refractivity contribution in [1.82, 2.24) is 39.0 Å². The van der Waals surface area contributed by atoms with Crippen molar-refractivity contribution in [3.05, 3.63) is 138 Å². The highest BCUT2D eigenvalue weighted by molar-refractivity contribution is 6.28. The molecule has 71 heavy (non-hydrogen) atoms. The molecule has 0 spiro atoms. The van der Waals surface area contributed by atoms with E-state index in [1.807, 2.05) is 41.5 Å². The summed E-state index contributed by atoms with van der Waals surface area (Å²) in [4.78, 5) is 27.7. The van der Waals surface area contributed by atoms with E-state index in [2.05, 4.69) is 153 Å². The number of hydrogen-bond donors (Lipinski definition) is 6. The molecule has 4 aromatic carbocycles. The molecule has 2 aliphatic carbocycles. The second-order valence-electron chi connectivity index (χ2n) is 19.2. The fourth-order valence-electron chi connectivity index (χ4n) is 9.01. The molecule has 0 amide bonds. The van der Waals surface area contributed by atoms with Crippen molar-refractivity contribution in [1.29, 1.82) is 0 Å². The lowest BCUT2D eigenvalue weighted by molar-refractivity contribution is 0.395. The first kappa shape index (κ1) is 50.9. The Labute approximate surface area is 423 Å². The Hall–Kier alpha value is -6.45. The lowest BCUT2D eigenvalue weighted by Crippen LogP contribution is -2.33. The SMILES string of the molecule is CCC(C)n1cnc2c(NCc3ccc(-c4ccccc4)cc3)nc(Cl)nc21.CCC(C)n1cnc2c(NCc3ccc(-c4ccccc4)cc3)nc(NC3CCC(N)CC3)nc21.NC1CCC(N)CC1. The van der Waals surface area contributed by atoms with Gasteiger partial charge in [-0.25, -0.2) is 9.97 Å². The molecule has 10 rings (SSSR count). The number of hydrogen-bond acceptors (Lipinski definition) is 12. The number of nitrogens with two attached hydrogens (primary N) is 3. The highest BCUT2D eigenvalue weighted by atomic mass is 35.5. The van der Waals surface area contributed by atoms with Crippen molar-refractivity contribution < 1.29 is 0 Å². The predicted octanol–water partition coefficient (Wildman–Crippen LogP) is 11.7. The maximum absolute atomic E-state index is 6.17. The van der Waals surface area contributed by atoms with E-state index in [0.717, 1.165) is 97.9 Å². The van der Waals surface area contributed by atoms with Crippen LogP contribution in [0, 0.1) is 0 Å². The Kier molecular flexibility index (Phi) is 17.6. The zero-order chi connectivity index (χ0) is 49.7. The number of benzene rings is 4. The normalized spacial score (nSPS) is 18.6. The summed E-state index contributed by atoms with van der Waals surface area (Å²) in [6, 6.07) is 40.1. The summed E-state index contributed by atoms with van der Waals surface area (Å²) in [5.74, 6) is 2.08. The number of fused-ring (bicyclic) bond motifs is 2. The van der Waals surface area contributed by atoms with Crippen LogP contribution in [0.2, 0.25) is 5.28 Å². The Morgan fingerprint density at radius 2 is 0.915 bits per heavy atom. The molecule has 2 aliphatic rings. The van der Waals surface area contributed by atoms with Gasteiger partial charge in [-0.1, -0.05) is 123 Å². The first-order chi connectivity index (χ1) is 34.5. The molecule has 2 unspecified atom stereocenters. The molecule has 4 aromatic heterocycles. The van der Waals surface area contributed by atoms with Gasteiger partial charge < -0.3 is 42.3 Å². The van der Waals surface area contributed by atoms with Gasteiger partial charge in [0.1, 0.15) is 0 Å². The van der Waals surface area contributed by atoms with Crippen molar-refractivity contribution in [2.45, 2.75) is 141 Å². The number of nitrogens with one attached hydrogen (secondary N) is 3. The summed E-state index contributed by atoms with van der Waals surface area (Å²) in [5.41, 5.74) is 27.7. The average Bonchev–Trinajstić information content (AvgIpc) is 4.05. The second kappa shape index (κ2) is 24.6. The minimum Gasteiger partial charge on any atom is -0.364 e. The van der Waals surface area contributed by atoms with Gasteiger partial charge in [-0.3, -0.25) is 0 Å². The van der Waals surface area contributed by atoms with Crippen LogP contribution in [-0.4, -0.2) is 63.2 Å². The Balaban J connectivity index is 0.000000167. The zero-order valence-corrected chi connectivity index (χ0v) is 42.4. The van der Waals surface area contributed by atoms with Gasteiger partial charge in [0.05, 0.1) is 12.7 Å². The third-order valence-corrected chi connectivity index (χ3v) is 14.1. The van der Waals surface area contributed by atoms with Crippen LogP contribution >= 0.6 is 11.6 Å². The van der Waals surface area contributed by atoms with Gasteiger partial charge in [-0.2, -0.15) is 19.9 Å². The Morgan fingerprint density at radius 1 is 0.521 bits per heavy atom. The largest absolute Gasteiger partial charge is 0.364 e. The number of halogens is 1. The molecule has 0 radical (unpaired) electrons. The maximum Gasteiger partial charge on any atom is 0.227 e. The summed E-state index contributed by atoms with van der Waals surface area (Å²) in [6.45, 7) is 9.94. The van der Waals surface area contributed by atoms with Gasteiger partial charge in [0.15, 0.2) is 34.0 Å². The van der Waals surface area contributed by atoms with Gasteiger partial charge in [0, 0.05) is 49.3 Å². The Bertz CT molecular complexity index is 2860. The predicted molar refractivity (Wildman–Crippen MR) is 292 cm³/mol. The minimum atomic E-state index is 0.222. The molecule has 2 saturated carbocycles. The first-order valence-corrected chi connectivity index (χ1v) is 25.9. The fourth-order valence-corrected chi connectivity index (χ4v) is 9.17. The smallest absolute Gasteiger partial charge is 0.227 e. The molecule has 0 bridgehead atoms. The standard InChI is InChI=1S/C28H35N7.C22H22ClN5.C6H14N2/c1-3-19(2)35-18-31-25-26(33-28(34-27(25)35)32-24-15-13-23(29)14-16-24)30-17-20-9-11-22(12-10-20)21-7-5-4-6-8-21;1-3-15(2)28-14-25-19-20(26-22(23)27-21(19)28)24-13-16-9-11-18(12-10-16)17-7-5-4-6-8-17;7-5-1-2-6(8)4-3-5/h4-12,18-19,23-24H,3,13-17,29H2,1-2H3,(H2,30,32,33,34);4-12,14-15H,3,13H2,1-2H3,(H,24,26,27);5-6H,1-4,7-8H2. The lowest BCUT2D eigenvalue weighted by Gasteiger charge is -2.27. The molecular weight excluding hydrogens is 904 g/mol. The van der Waals surface area contributed by atoms with E-state index in [-0.39, 0.29) is 5.28 Å². The van der Waals surface area contributed by atoms with Crippen molar-refractivity contribution in [3.63, 3.8) is 0 Å². The molecule has 15 heteroatoms. The fraction of sp³-hybridized carbons (Fsp3) is 0.393. The molecule has 8 aromatic rings. The van der Waals surface area contributed by atoms with Crippen LogP contribution in [0.4, 0.5) is 17.6 Å². The highest BCUT2D eigenvalue weighted by Gasteiger charge is 2.22. The van der Waals surface area contributed by atoms with Crippen LogP contribution in [0.25, 0.3) is 44.6 Å². The van der Waals surface area contributed by atoms with E-state index < -0.39 is 0 Å². The third-order valence-electron chi connectivity index (χ3n) is 13.9. The molecule has 14 nitrogen and oxygen atoms in total. The number of rotatable bonds is 14. The van der Waals surface area contributed by atoms with Gasteiger partial charge in [0.25, 0.3) is 0 Å². The molecular formula is C56H71ClN14. The van der Waals surface area contributed by atoms with E-state index in [0.29, 0.717) is 61.1 Å². The summed E-state index contributed by atoms with van der Waals surface area (Å²) in [7, 11) is 0. The summed E-state index contributed by atoms with van der Waals surface area (Å²) >= 11 is 6.17. The van der Waals surface area contributed by atoms with E-state index >= 15 is 0 Å². The molecule has 0 saturated heterocycles. The van der Waals surface area contributed by atoms with Gasteiger partial charge in [-0.05, 0) is 123 Å². The third kappa shape index (κ3) is 13.5. The first-order valence-electron chi connectivity index (χ1n) is 25.5. The van der Waals surface area contributed by atoms with Crippen LogP contribution in [0.5, 0.6) is 0 Å². The molecule has 4 heterocycles. The lowest BCUT2D eigenvalue weighted by atomic mass is 9.92. The summed E-state index contributed by atoms with van der Waals surface area (Å²) in [6.07, 6.45) is 14.4. The molecule has 0 aliphatic heterocycles. The van der Waals surface area contributed by atoms with Crippen LogP contribution in [0.1, 0.15) is 115 Å². The maximum atomic E-state index is 6.17. The van der Waals surface area contributed by atoms with Crippen molar-refractivity contribution in [2.75, 3.05) is 16.0 Å². The quantitative estimate of drug-likeness (QED) is 0.0564. The van der Waals surface area contributed by atoms with Crippen molar-refractivity contribution in [3.8, 4) is 22.3 Å². The second-order valence-corrected chi connectivity index (χ2v) is 19.5. The van der Waals surface area contributed by atoms with Gasteiger partial charge >= 0.3 is 0 Å². The monoisotopic (exact) mass is 975 g/mol. The number of aromatic nitrogens is 8. The number of imidazole rings is 2. The zero-order valence-electron chi connectivity index (χ0n) is 41.7. The topological polar surface area (TPSA) is 201 Å². The molecule has 2 atom stereocenters. The number of nitrogens with zero attached hydrogens (tertiary/aromatic N) is 8. The average molecular weight is 976 g/mol. The van der Waals surface area contributed by atoms with E-state index in [9.17, 15) is 0 Å². The van der Waals surface area contributed by atoms with Crippen LogP contribution in [0.15, 0.2) is 122 Å². The van der Waals surface area contributed by atoms with E-state index in [1.54, 1.807) is 0 Å².